The maximum absolute atomic E-state index is 12.0. The Morgan fingerprint density at radius 2 is 1.19 bits per heavy atom. The molecule has 2 aromatic rings. The van der Waals surface area contributed by atoms with Crippen molar-refractivity contribution in [3.8, 4) is 0 Å². The molecule has 0 aliphatic heterocycles. The van der Waals surface area contributed by atoms with Crippen LogP contribution in [-0.2, 0) is 23.0 Å². The summed E-state index contributed by atoms with van der Waals surface area (Å²) in [6, 6.07) is 9.67. The molecular weight excluding hydrogens is 431 g/mol. The van der Waals surface area contributed by atoms with E-state index >= 15 is 0 Å². The first kappa shape index (κ1) is 29.3. The summed E-state index contributed by atoms with van der Waals surface area (Å²) in [6.45, 7) is 4.43. The predicted octanol–water partition coefficient (Wildman–Crippen LogP) is 4.55. The number of hydrogen-bond donors (Lipinski definition) is 0. The van der Waals surface area contributed by atoms with Gasteiger partial charge in [0.05, 0.1) is 4.90 Å². The second kappa shape index (κ2) is 16.0. The van der Waals surface area contributed by atoms with Crippen LogP contribution < -0.4 is 51.4 Å². The van der Waals surface area contributed by atoms with E-state index in [-0.39, 0.29) is 56.3 Å². The summed E-state index contributed by atoms with van der Waals surface area (Å²) in [5.41, 5.74) is 2.07. The zero-order chi connectivity index (χ0) is 21.8. The molecule has 0 radical (unpaired) electrons. The Balaban J connectivity index is 0.00000480. The second-order valence-corrected chi connectivity index (χ2v) is 9.99. The molecule has 0 amide bonds. The molecule has 0 spiro atoms. The quantitative estimate of drug-likeness (QED) is 0.218. The average molecular weight is 471 g/mol. The number of aryl methyl sites for hydroxylation is 2. The van der Waals surface area contributed by atoms with Crippen LogP contribution in [0.3, 0.4) is 0 Å². The van der Waals surface area contributed by atoms with E-state index in [1.807, 2.05) is 12.1 Å². The molecule has 0 aliphatic carbocycles. The van der Waals surface area contributed by atoms with Crippen LogP contribution in [0.5, 0.6) is 0 Å². The zero-order valence-corrected chi connectivity index (χ0v) is 23.9. The summed E-state index contributed by atoms with van der Waals surface area (Å²) >= 11 is 0. The molecule has 168 valence electrons. The summed E-state index contributed by atoms with van der Waals surface area (Å²) in [5.74, 6) is 0. The van der Waals surface area contributed by atoms with Gasteiger partial charge >= 0.3 is 51.4 Å². The maximum Gasteiger partial charge on any atom is 1.00 e. The topological polar surface area (TPSA) is 57.2 Å². The molecule has 5 heteroatoms. The molecule has 31 heavy (non-hydrogen) atoms. The molecule has 0 unspecified atom stereocenters. The molecule has 2 rings (SSSR count). The van der Waals surface area contributed by atoms with Gasteiger partial charge in [-0.25, -0.2) is 8.42 Å². The van der Waals surface area contributed by atoms with E-state index in [1.54, 1.807) is 6.07 Å². The molecule has 0 atom stereocenters. The van der Waals surface area contributed by atoms with Crippen molar-refractivity contribution in [2.45, 2.75) is 109 Å². The maximum atomic E-state index is 12.0. The normalized spacial score (nSPS) is 11.6. The molecule has 0 fully saturated rings. The standard InChI is InChI=1S/C26H40O3S.K/c1-3-5-7-9-11-13-15-22-17-18-24-19-23(16-14-12-10-8-6-4-2)21-26(25(24)20-22)30(27,28)29;/h17-21H,3-16H2,1-2H3,(H,27,28,29);/q;+1/p-1. The van der Waals surface area contributed by atoms with Crippen molar-refractivity contribution in [1.29, 1.82) is 0 Å². The third-order valence-corrected chi connectivity index (χ3v) is 6.82. The molecule has 0 N–H and O–H groups in total. The van der Waals surface area contributed by atoms with E-state index < -0.39 is 10.1 Å². The van der Waals surface area contributed by atoms with Crippen molar-refractivity contribution in [2.75, 3.05) is 0 Å². The Hall–Kier alpha value is 0.246. The van der Waals surface area contributed by atoms with Gasteiger partial charge in [0.1, 0.15) is 10.1 Å². The SMILES string of the molecule is CCCCCCCCc1cc(S(=O)(=O)[O-])c2cc(CCCCCCCC)ccc2c1.[K+]. The minimum atomic E-state index is -4.50. The van der Waals surface area contributed by atoms with Crippen LogP contribution in [0, 0.1) is 0 Å². The zero-order valence-electron chi connectivity index (χ0n) is 19.9. The summed E-state index contributed by atoms with van der Waals surface area (Å²) in [6.07, 6.45) is 16.3. The Morgan fingerprint density at radius 1 is 0.677 bits per heavy atom. The van der Waals surface area contributed by atoms with Crippen LogP contribution in [0.2, 0.25) is 0 Å². The molecule has 0 saturated carbocycles. The number of rotatable bonds is 15. The van der Waals surface area contributed by atoms with Crippen molar-refractivity contribution < 1.29 is 64.4 Å². The Kier molecular flexibility index (Phi) is 15.1. The monoisotopic (exact) mass is 470 g/mol. The fraction of sp³-hybridized carbons (Fsp3) is 0.615. The number of unbranched alkanes of at least 4 members (excludes halogenated alkanes) is 10. The van der Waals surface area contributed by atoms with Gasteiger partial charge in [-0.05, 0) is 59.7 Å². The summed E-state index contributed by atoms with van der Waals surface area (Å²) < 4.78 is 35.9. The number of fused-ring (bicyclic) bond motifs is 1. The second-order valence-electron chi connectivity index (χ2n) is 8.64. The van der Waals surface area contributed by atoms with Crippen LogP contribution in [0.15, 0.2) is 35.2 Å². The van der Waals surface area contributed by atoms with Crippen LogP contribution in [0.25, 0.3) is 10.8 Å². The van der Waals surface area contributed by atoms with Crippen molar-refractivity contribution >= 4 is 20.9 Å². The third-order valence-electron chi connectivity index (χ3n) is 5.95. The van der Waals surface area contributed by atoms with Crippen molar-refractivity contribution in [3.05, 3.63) is 41.5 Å². The van der Waals surface area contributed by atoms with Gasteiger partial charge in [-0.1, -0.05) is 96.3 Å². The first-order valence-electron chi connectivity index (χ1n) is 12.0. The molecule has 0 saturated heterocycles. The summed E-state index contributed by atoms with van der Waals surface area (Å²) in [7, 11) is -4.50. The summed E-state index contributed by atoms with van der Waals surface area (Å²) in [5, 5.41) is 1.44. The van der Waals surface area contributed by atoms with Crippen LogP contribution in [0.1, 0.15) is 102 Å². The minimum Gasteiger partial charge on any atom is -0.744 e. The molecular formula is C26H39KO3S. The molecule has 0 aromatic heterocycles. The first-order chi connectivity index (χ1) is 14.5. The van der Waals surface area contributed by atoms with E-state index in [0.29, 0.717) is 5.39 Å². The van der Waals surface area contributed by atoms with Crippen molar-refractivity contribution in [1.82, 2.24) is 0 Å². The van der Waals surface area contributed by atoms with Gasteiger partial charge < -0.3 is 4.55 Å². The van der Waals surface area contributed by atoms with Gasteiger partial charge in [0, 0.05) is 0 Å². The number of benzene rings is 2. The van der Waals surface area contributed by atoms with Crippen LogP contribution >= 0.6 is 0 Å². The van der Waals surface area contributed by atoms with E-state index in [0.717, 1.165) is 48.6 Å². The Bertz CT molecular complexity index is 878. The van der Waals surface area contributed by atoms with Gasteiger partial charge in [0.2, 0.25) is 0 Å². The predicted molar refractivity (Wildman–Crippen MR) is 126 cm³/mol. The van der Waals surface area contributed by atoms with Gasteiger partial charge in [-0.15, -0.1) is 0 Å². The molecule has 0 bridgehead atoms. The van der Waals surface area contributed by atoms with Crippen molar-refractivity contribution in [2.24, 2.45) is 0 Å². The molecule has 0 aliphatic rings. The number of hydrogen-bond acceptors (Lipinski definition) is 3. The average Bonchev–Trinajstić information content (AvgIpc) is 2.72. The van der Waals surface area contributed by atoms with Gasteiger partial charge in [0.15, 0.2) is 0 Å². The van der Waals surface area contributed by atoms with E-state index in [9.17, 15) is 13.0 Å². The fourth-order valence-electron chi connectivity index (χ4n) is 4.16. The summed E-state index contributed by atoms with van der Waals surface area (Å²) in [4.78, 5) is -0.0502. The largest absolute Gasteiger partial charge is 1.00 e. The van der Waals surface area contributed by atoms with Crippen molar-refractivity contribution in [3.63, 3.8) is 0 Å². The Morgan fingerprint density at radius 3 is 1.74 bits per heavy atom. The van der Waals surface area contributed by atoms with E-state index in [2.05, 4.69) is 26.0 Å². The first-order valence-corrected chi connectivity index (χ1v) is 13.4. The smallest absolute Gasteiger partial charge is 0.744 e. The van der Waals surface area contributed by atoms with Gasteiger partial charge in [0.25, 0.3) is 0 Å². The Labute approximate surface area is 233 Å². The van der Waals surface area contributed by atoms with Crippen LogP contribution in [-0.4, -0.2) is 13.0 Å². The van der Waals surface area contributed by atoms with Crippen LogP contribution in [0.4, 0.5) is 0 Å². The van der Waals surface area contributed by atoms with Gasteiger partial charge in [-0.3, -0.25) is 0 Å². The minimum absolute atomic E-state index is 0. The third kappa shape index (κ3) is 10.8. The van der Waals surface area contributed by atoms with Gasteiger partial charge in [-0.2, -0.15) is 0 Å². The van der Waals surface area contributed by atoms with E-state index in [1.165, 1.54) is 57.8 Å². The van der Waals surface area contributed by atoms with E-state index in [4.69, 9.17) is 0 Å². The molecule has 2 aromatic carbocycles. The fourth-order valence-corrected chi connectivity index (χ4v) is 4.90. The molecule has 0 heterocycles. The molecule has 3 nitrogen and oxygen atoms in total.